The summed E-state index contributed by atoms with van der Waals surface area (Å²) in [6, 6.07) is 12.1. The highest BCUT2D eigenvalue weighted by atomic mass is 16.3. The third-order valence-corrected chi connectivity index (χ3v) is 3.81. The van der Waals surface area contributed by atoms with Crippen molar-refractivity contribution >= 4 is 11.0 Å². The maximum atomic E-state index is 9.94. The van der Waals surface area contributed by atoms with Crippen LogP contribution in [0.5, 0.6) is 0 Å². The van der Waals surface area contributed by atoms with Crippen molar-refractivity contribution in [3.63, 3.8) is 0 Å². The van der Waals surface area contributed by atoms with Gasteiger partial charge in [0.15, 0.2) is 0 Å². The molecule has 102 valence electrons. The molecule has 0 aliphatic heterocycles. The predicted octanol–water partition coefficient (Wildman–Crippen LogP) is 3.70. The highest BCUT2D eigenvalue weighted by Crippen LogP contribution is 2.26. The molecular weight excluding hydrogens is 248 g/mol. The standard InChI is InChI=1S/C17H18N2O/c1-11-8-15-17(9-12(11)2)19(10-18-15)16-7-5-4-6-14(16)13(3)20/h4-10,13,20H,1-3H3. The number of fused-ring (bicyclic) bond motifs is 1. The van der Waals surface area contributed by atoms with E-state index in [9.17, 15) is 5.11 Å². The summed E-state index contributed by atoms with van der Waals surface area (Å²) < 4.78 is 2.05. The lowest BCUT2D eigenvalue weighted by Crippen LogP contribution is -2.01. The van der Waals surface area contributed by atoms with E-state index in [1.807, 2.05) is 35.2 Å². The zero-order valence-corrected chi connectivity index (χ0v) is 12.0. The van der Waals surface area contributed by atoms with E-state index in [1.165, 1.54) is 11.1 Å². The Kier molecular flexibility index (Phi) is 3.07. The molecule has 3 rings (SSSR count). The van der Waals surface area contributed by atoms with Crippen LogP contribution in [-0.4, -0.2) is 14.7 Å². The molecule has 0 saturated carbocycles. The Morgan fingerprint density at radius 2 is 1.80 bits per heavy atom. The molecule has 0 bridgehead atoms. The molecule has 3 nitrogen and oxygen atoms in total. The van der Waals surface area contributed by atoms with Crippen LogP contribution in [0.15, 0.2) is 42.7 Å². The fourth-order valence-electron chi connectivity index (χ4n) is 2.52. The molecule has 2 aromatic carbocycles. The minimum Gasteiger partial charge on any atom is -0.389 e. The number of aromatic nitrogens is 2. The lowest BCUT2D eigenvalue weighted by atomic mass is 10.1. The van der Waals surface area contributed by atoms with Crippen LogP contribution >= 0.6 is 0 Å². The highest BCUT2D eigenvalue weighted by Gasteiger charge is 2.12. The van der Waals surface area contributed by atoms with E-state index in [1.54, 1.807) is 6.92 Å². The fraction of sp³-hybridized carbons (Fsp3) is 0.235. The van der Waals surface area contributed by atoms with Crippen molar-refractivity contribution in [3.05, 3.63) is 59.4 Å². The number of benzene rings is 2. The molecule has 20 heavy (non-hydrogen) atoms. The highest BCUT2D eigenvalue weighted by molar-refractivity contribution is 5.79. The van der Waals surface area contributed by atoms with Gasteiger partial charge in [0.1, 0.15) is 6.33 Å². The van der Waals surface area contributed by atoms with E-state index in [-0.39, 0.29) is 0 Å². The molecule has 0 fully saturated rings. The van der Waals surface area contributed by atoms with Crippen molar-refractivity contribution < 1.29 is 5.11 Å². The molecule has 0 radical (unpaired) electrons. The normalized spacial score (nSPS) is 12.8. The first-order valence-corrected chi connectivity index (χ1v) is 6.79. The number of imidazole rings is 1. The quantitative estimate of drug-likeness (QED) is 0.768. The fourth-order valence-corrected chi connectivity index (χ4v) is 2.52. The summed E-state index contributed by atoms with van der Waals surface area (Å²) in [5, 5.41) is 9.94. The Morgan fingerprint density at radius 1 is 1.10 bits per heavy atom. The topological polar surface area (TPSA) is 38.0 Å². The molecule has 0 spiro atoms. The van der Waals surface area contributed by atoms with Crippen LogP contribution < -0.4 is 0 Å². The molecule has 1 unspecified atom stereocenters. The Bertz CT molecular complexity index is 772. The number of aliphatic hydroxyl groups is 1. The lowest BCUT2D eigenvalue weighted by molar-refractivity contribution is 0.199. The first-order chi connectivity index (χ1) is 9.58. The monoisotopic (exact) mass is 266 g/mol. The lowest BCUT2D eigenvalue weighted by Gasteiger charge is -2.13. The molecule has 0 saturated heterocycles. The van der Waals surface area contributed by atoms with Gasteiger partial charge in [-0.15, -0.1) is 0 Å². The smallest absolute Gasteiger partial charge is 0.100 e. The first kappa shape index (κ1) is 12.9. The van der Waals surface area contributed by atoms with Gasteiger partial charge in [-0.3, -0.25) is 4.57 Å². The minimum absolute atomic E-state index is 0.504. The van der Waals surface area contributed by atoms with Crippen molar-refractivity contribution in [3.8, 4) is 5.69 Å². The van der Waals surface area contributed by atoms with Crippen molar-refractivity contribution in [2.24, 2.45) is 0 Å². The van der Waals surface area contributed by atoms with Gasteiger partial charge in [0.05, 0.1) is 22.8 Å². The van der Waals surface area contributed by atoms with E-state index < -0.39 is 6.10 Å². The predicted molar refractivity (Wildman–Crippen MR) is 81.2 cm³/mol. The van der Waals surface area contributed by atoms with Crippen LogP contribution in [-0.2, 0) is 0 Å². The zero-order valence-electron chi connectivity index (χ0n) is 12.0. The summed E-state index contributed by atoms with van der Waals surface area (Å²) in [4.78, 5) is 4.48. The summed E-state index contributed by atoms with van der Waals surface area (Å²) in [6.07, 6.45) is 1.32. The average molecular weight is 266 g/mol. The Hall–Kier alpha value is -2.13. The van der Waals surface area contributed by atoms with E-state index in [0.29, 0.717) is 0 Å². The second kappa shape index (κ2) is 4.76. The Morgan fingerprint density at radius 3 is 2.55 bits per heavy atom. The Balaban J connectivity index is 2.28. The SMILES string of the molecule is Cc1cc2ncn(-c3ccccc3C(C)O)c2cc1C. The molecule has 0 aliphatic carbocycles. The van der Waals surface area contributed by atoms with Crippen LogP contribution in [0.25, 0.3) is 16.7 Å². The molecular formula is C17H18N2O. The van der Waals surface area contributed by atoms with Crippen molar-refractivity contribution in [1.29, 1.82) is 0 Å². The number of para-hydroxylation sites is 1. The number of aryl methyl sites for hydroxylation is 2. The van der Waals surface area contributed by atoms with Crippen LogP contribution in [0.2, 0.25) is 0 Å². The van der Waals surface area contributed by atoms with Gasteiger partial charge in [0, 0.05) is 5.56 Å². The maximum Gasteiger partial charge on any atom is 0.100 e. The van der Waals surface area contributed by atoms with Crippen molar-refractivity contribution in [2.75, 3.05) is 0 Å². The maximum absolute atomic E-state index is 9.94. The van der Waals surface area contributed by atoms with Crippen molar-refractivity contribution in [2.45, 2.75) is 26.9 Å². The van der Waals surface area contributed by atoms with Gasteiger partial charge in [0.25, 0.3) is 0 Å². The van der Waals surface area contributed by atoms with Crippen molar-refractivity contribution in [1.82, 2.24) is 9.55 Å². The molecule has 1 aromatic heterocycles. The van der Waals surface area contributed by atoms with Gasteiger partial charge in [-0.1, -0.05) is 18.2 Å². The number of rotatable bonds is 2. The summed E-state index contributed by atoms with van der Waals surface area (Å²) in [5.41, 5.74) is 6.42. The average Bonchev–Trinajstić information content (AvgIpc) is 2.82. The summed E-state index contributed by atoms with van der Waals surface area (Å²) in [7, 11) is 0. The number of nitrogens with zero attached hydrogens (tertiary/aromatic N) is 2. The molecule has 0 amide bonds. The zero-order chi connectivity index (χ0) is 14.3. The minimum atomic E-state index is -0.504. The van der Waals surface area contributed by atoms with E-state index in [4.69, 9.17) is 0 Å². The van der Waals surface area contributed by atoms with Crippen LogP contribution in [0.4, 0.5) is 0 Å². The largest absolute Gasteiger partial charge is 0.389 e. The van der Waals surface area contributed by atoms with Gasteiger partial charge in [-0.05, 0) is 50.1 Å². The van der Waals surface area contributed by atoms with Gasteiger partial charge in [-0.2, -0.15) is 0 Å². The van der Waals surface area contributed by atoms with E-state index in [0.717, 1.165) is 22.3 Å². The van der Waals surface area contributed by atoms with Gasteiger partial charge < -0.3 is 5.11 Å². The molecule has 1 N–H and O–H groups in total. The summed E-state index contributed by atoms with van der Waals surface area (Å²) >= 11 is 0. The van der Waals surface area contributed by atoms with Crippen LogP contribution in [0, 0.1) is 13.8 Å². The molecule has 0 aliphatic rings. The first-order valence-electron chi connectivity index (χ1n) is 6.79. The van der Waals surface area contributed by atoms with Gasteiger partial charge in [0.2, 0.25) is 0 Å². The molecule has 3 heteroatoms. The third kappa shape index (κ3) is 2.00. The van der Waals surface area contributed by atoms with Crippen LogP contribution in [0.3, 0.4) is 0 Å². The van der Waals surface area contributed by atoms with Gasteiger partial charge in [-0.25, -0.2) is 4.98 Å². The third-order valence-electron chi connectivity index (χ3n) is 3.81. The van der Waals surface area contributed by atoms with Gasteiger partial charge >= 0.3 is 0 Å². The Labute approximate surface area is 118 Å². The number of hydrogen-bond donors (Lipinski definition) is 1. The second-order valence-corrected chi connectivity index (χ2v) is 5.27. The molecule has 1 heterocycles. The van der Waals surface area contributed by atoms with E-state index in [2.05, 4.69) is 31.0 Å². The van der Waals surface area contributed by atoms with Crippen LogP contribution in [0.1, 0.15) is 29.7 Å². The molecule has 1 atom stereocenters. The summed E-state index contributed by atoms with van der Waals surface area (Å²) in [5.74, 6) is 0. The number of aliphatic hydroxyl groups excluding tert-OH is 1. The second-order valence-electron chi connectivity index (χ2n) is 5.27. The molecule has 3 aromatic rings. The number of hydrogen-bond acceptors (Lipinski definition) is 2. The van der Waals surface area contributed by atoms with E-state index >= 15 is 0 Å². The summed E-state index contributed by atoms with van der Waals surface area (Å²) in [6.45, 7) is 5.98.